The molecule has 35 heavy (non-hydrogen) atoms. The molecule has 0 aliphatic carbocycles. The molecule has 5 rings (SSSR count). The first-order valence-corrected chi connectivity index (χ1v) is 11.8. The van der Waals surface area contributed by atoms with Crippen LogP contribution in [0.5, 0.6) is 5.75 Å². The summed E-state index contributed by atoms with van der Waals surface area (Å²) in [4.78, 5) is 27.6. The number of amides is 1. The molecule has 11 nitrogen and oxygen atoms in total. The van der Waals surface area contributed by atoms with Gasteiger partial charge >= 0.3 is 0 Å². The van der Waals surface area contributed by atoms with Gasteiger partial charge in [-0.05, 0) is 38.0 Å². The third-order valence-corrected chi connectivity index (χ3v) is 7.10. The molecule has 1 aromatic carbocycles. The molecule has 2 aliphatic rings. The first-order valence-electron chi connectivity index (χ1n) is 11.8. The molecular weight excluding hydrogens is 450 g/mol. The number of benzene rings is 1. The normalized spacial score (nSPS) is 24.1. The number of aliphatic hydroxyl groups is 1. The van der Waals surface area contributed by atoms with Crippen molar-refractivity contribution in [1.82, 2.24) is 24.4 Å². The Labute approximate surface area is 203 Å². The van der Waals surface area contributed by atoms with Crippen molar-refractivity contribution in [2.75, 3.05) is 38.6 Å². The molecular formula is C24H31N7O4. The van der Waals surface area contributed by atoms with Gasteiger partial charge in [-0.3, -0.25) is 4.79 Å². The second kappa shape index (κ2) is 9.06. The summed E-state index contributed by atoms with van der Waals surface area (Å²) in [7, 11) is 0. The predicted molar refractivity (Wildman–Crippen MR) is 129 cm³/mol. The second-order valence-electron chi connectivity index (χ2n) is 9.58. The molecule has 0 unspecified atom stereocenters. The molecule has 4 heterocycles. The lowest BCUT2D eigenvalue weighted by atomic mass is 9.75. The zero-order valence-corrected chi connectivity index (χ0v) is 19.8. The third-order valence-electron chi connectivity index (χ3n) is 7.10. The van der Waals surface area contributed by atoms with E-state index in [2.05, 4.69) is 15.0 Å². The number of imidazole rings is 1. The number of nitrogens with two attached hydrogens (primary N) is 2. The maximum absolute atomic E-state index is 13.1. The number of rotatable bonds is 5. The molecule has 2 aliphatic heterocycles. The van der Waals surface area contributed by atoms with Crippen LogP contribution in [0.2, 0.25) is 0 Å². The highest BCUT2D eigenvalue weighted by Gasteiger charge is 2.50. The Kier molecular flexibility index (Phi) is 6.07. The maximum atomic E-state index is 13.1. The van der Waals surface area contributed by atoms with Gasteiger partial charge in [0.05, 0.1) is 30.2 Å². The number of nitrogens with zero attached hydrogens (tertiary/aromatic N) is 5. The highest BCUT2D eigenvalue weighted by atomic mass is 16.5. The second-order valence-corrected chi connectivity index (χ2v) is 9.58. The fraction of sp³-hybridized carbons (Fsp3) is 0.500. The number of ether oxygens (including phenoxy) is 2. The largest absolute Gasteiger partial charge is 0.492 e. The molecule has 1 spiro atoms. The van der Waals surface area contributed by atoms with Crippen molar-refractivity contribution >= 4 is 22.9 Å². The first-order chi connectivity index (χ1) is 16.8. The van der Waals surface area contributed by atoms with E-state index in [0.717, 1.165) is 0 Å². The van der Waals surface area contributed by atoms with E-state index in [4.69, 9.17) is 20.9 Å². The van der Waals surface area contributed by atoms with E-state index in [9.17, 15) is 9.90 Å². The number of carbonyl (C=O) groups is 1. The number of aromatic nitrogens is 4. The number of likely N-dealkylation sites (tertiary alicyclic amines) is 1. The van der Waals surface area contributed by atoms with Gasteiger partial charge in [0.2, 0.25) is 0 Å². The van der Waals surface area contributed by atoms with Crippen LogP contribution in [0, 0.1) is 0 Å². The summed E-state index contributed by atoms with van der Waals surface area (Å²) < 4.78 is 13.8. The zero-order chi connectivity index (χ0) is 24.6. The quantitative estimate of drug-likeness (QED) is 0.486. The number of anilines is 1. The minimum Gasteiger partial charge on any atom is -0.492 e. The van der Waals surface area contributed by atoms with E-state index in [1.165, 1.54) is 6.33 Å². The van der Waals surface area contributed by atoms with Gasteiger partial charge in [0.25, 0.3) is 5.91 Å². The van der Waals surface area contributed by atoms with E-state index in [1.54, 1.807) is 18.5 Å². The van der Waals surface area contributed by atoms with E-state index < -0.39 is 11.2 Å². The molecule has 3 aromatic rings. The van der Waals surface area contributed by atoms with E-state index >= 15 is 0 Å². The first kappa shape index (κ1) is 23.5. The van der Waals surface area contributed by atoms with Crippen LogP contribution >= 0.6 is 0 Å². The Morgan fingerprint density at radius 3 is 2.83 bits per heavy atom. The monoisotopic (exact) mass is 481 g/mol. The molecule has 11 heteroatoms. The van der Waals surface area contributed by atoms with Crippen molar-refractivity contribution in [3.63, 3.8) is 0 Å². The lowest BCUT2D eigenvalue weighted by Gasteiger charge is -2.51. The van der Waals surface area contributed by atoms with Crippen LogP contribution in [-0.2, 0) is 4.74 Å². The van der Waals surface area contributed by atoms with Crippen molar-refractivity contribution in [1.29, 1.82) is 0 Å². The number of carbonyl (C=O) groups excluding carboxylic acids is 1. The van der Waals surface area contributed by atoms with Gasteiger partial charge in [-0.2, -0.15) is 0 Å². The van der Waals surface area contributed by atoms with Crippen molar-refractivity contribution in [3.8, 4) is 5.75 Å². The van der Waals surface area contributed by atoms with E-state index in [-0.39, 0.29) is 11.9 Å². The maximum Gasteiger partial charge on any atom is 0.253 e. The van der Waals surface area contributed by atoms with Gasteiger partial charge in [0, 0.05) is 31.6 Å². The fourth-order valence-electron chi connectivity index (χ4n) is 5.25. The van der Waals surface area contributed by atoms with Gasteiger partial charge in [0.15, 0.2) is 11.5 Å². The third kappa shape index (κ3) is 4.42. The number of nitrogen functional groups attached to an aromatic ring is 1. The lowest BCUT2D eigenvalue weighted by Crippen LogP contribution is -2.57. The van der Waals surface area contributed by atoms with Crippen molar-refractivity contribution < 1.29 is 19.4 Å². The number of hydrogen-bond acceptors (Lipinski definition) is 9. The molecule has 1 amide bonds. The Morgan fingerprint density at radius 2 is 2.09 bits per heavy atom. The number of hydrogen-bond donors (Lipinski definition) is 3. The summed E-state index contributed by atoms with van der Waals surface area (Å²) in [6.45, 7) is 4.03. The summed E-state index contributed by atoms with van der Waals surface area (Å²) >= 11 is 0. The van der Waals surface area contributed by atoms with Gasteiger partial charge in [-0.1, -0.05) is 6.07 Å². The Morgan fingerprint density at radius 1 is 1.29 bits per heavy atom. The lowest BCUT2D eigenvalue weighted by molar-refractivity contribution is -0.194. The van der Waals surface area contributed by atoms with Gasteiger partial charge in [-0.25, -0.2) is 15.0 Å². The molecule has 186 valence electrons. The summed E-state index contributed by atoms with van der Waals surface area (Å²) in [5.74, 6) is 0.891. The van der Waals surface area contributed by atoms with Gasteiger partial charge in [-0.15, -0.1) is 0 Å². The van der Waals surface area contributed by atoms with Gasteiger partial charge in [0.1, 0.15) is 24.2 Å². The average Bonchev–Trinajstić information content (AvgIpc) is 3.27. The molecule has 2 atom stereocenters. The summed E-state index contributed by atoms with van der Waals surface area (Å²) in [6.07, 6.45) is 4.75. The molecule has 5 N–H and O–H groups in total. The predicted octanol–water partition coefficient (Wildman–Crippen LogP) is 1.13. The highest BCUT2D eigenvalue weighted by Crippen LogP contribution is 2.44. The smallest absolute Gasteiger partial charge is 0.253 e. The molecule has 2 aromatic heterocycles. The Bertz CT molecular complexity index is 1220. The van der Waals surface area contributed by atoms with E-state index in [1.807, 2.05) is 28.5 Å². The zero-order valence-electron chi connectivity index (χ0n) is 19.8. The summed E-state index contributed by atoms with van der Waals surface area (Å²) in [5.41, 5.74) is 11.5. The SMILES string of the molecule is C[C@]1(O)CC2(CCN(C(=O)c3cccc(OCCN)c3)CC2)OC[C@@H]1n1cnc2c(N)ncnc21. The van der Waals surface area contributed by atoms with Crippen molar-refractivity contribution in [3.05, 3.63) is 42.5 Å². The van der Waals surface area contributed by atoms with E-state index in [0.29, 0.717) is 80.4 Å². The number of fused-ring (bicyclic) bond motifs is 1. The van der Waals surface area contributed by atoms with Crippen LogP contribution in [0.15, 0.2) is 36.9 Å². The minimum atomic E-state index is -1.06. The highest BCUT2D eigenvalue weighted by molar-refractivity contribution is 5.94. The average molecular weight is 482 g/mol. The van der Waals surface area contributed by atoms with Crippen LogP contribution in [-0.4, -0.2) is 79.5 Å². The summed E-state index contributed by atoms with van der Waals surface area (Å²) in [5, 5.41) is 11.5. The van der Waals surface area contributed by atoms with Crippen LogP contribution < -0.4 is 16.2 Å². The Hall–Kier alpha value is -3.28. The van der Waals surface area contributed by atoms with Crippen LogP contribution in [0.3, 0.4) is 0 Å². The molecule has 0 radical (unpaired) electrons. The Balaban J connectivity index is 1.26. The standard InChI is InChI=1S/C24H31N7O4/c1-23(33)13-24(35-12-18(23)31-15-29-19-20(26)27-14-28-21(19)31)5-8-30(9-6-24)22(32)16-3-2-4-17(11-16)34-10-7-25/h2-4,11,14-15,18,33H,5-10,12-13,25H2,1H3,(H2,26,27,28)/t18-,23-/m0/s1. The molecule has 0 bridgehead atoms. The van der Waals surface area contributed by atoms with Crippen molar-refractivity contribution in [2.45, 2.75) is 43.4 Å². The topological polar surface area (TPSA) is 155 Å². The fourth-order valence-corrected chi connectivity index (χ4v) is 5.25. The summed E-state index contributed by atoms with van der Waals surface area (Å²) in [6, 6.07) is 6.80. The van der Waals surface area contributed by atoms with Crippen LogP contribution in [0.4, 0.5) is 5.82 Å². The van der Waals surface area contributed by atoms with Gasteiger partial charge < -0.3 is 35.5 Å². The molecule has 2 fully saturated rings. The van der Waals surface area contributed by atoms with Crippen molar-refractivity contribution in [2.24, 2.45) is 5.73 Å². The van der Waals surface area contributed by atoms with Crippen LogP contribution in [0.25, 0.3) is 11.2 Å². The number of piperidine rings is 1. The molecule has 0 saturated carbocycles. The minimum absolute atomic E-state index is 0.0411. The molecule has 2 saturated heterocycles. The van der Waals surface area contributed by atoms with Crippen LogP contribution in [0.1, 0.15) is 42.6 Å².